The summed E-state index contributed by atoms with van der Waals surface area (Å²) >= 11 is 0. The van der Waals surface area contributed by atoms with E-state index in [9.17, 15) is 13.2 Å². The highest BCUT2D eigenvalue weighted by Gasteiger charge is 2.21. The average Bonchev–Trinajstić information content (AvgIpc) is 2.14. The van der Waals surface area contributed by atoms with Crippen LogP contribution in [0.5, 0.6) is 0 Å². The SMILES string of the molecule is CC(C)(C)c1ccc(S(C)(=O)=O)c(C(N)=O)c1. The zero-order chi connectivity index (χ0) is 13.4. The monoisotopic (exact) mass is 255 g/mol. The Morgan fingerprint density at radius 2 is 1.76 bits per heavy atom. The van der Waals surface area contributed by atoms with Crippen molar-refractivity contribution in [1.82, 2.24) is 0 Å². The van der Waals surface area contributed by atoms with Crippen LogP contribution in [0.4, 0.5) is 0 Å². The average molecular weight is 255 g/mol. The first-order valence-electron chi connectivity index (χ1n) is 5.18. The van der Waals surface area contributed by atoms with Gasteiger partial charge in [0, 0.05) is 6.26 Å². The van der Waals surface area contributed by atoms with Crippen molar-refractivity contribution in [3.8, 4) is 0 Å². The number of carbonyl (C=O) groups is 1. The van der Waals surface area contributed by atoms with Crippen molar-refractivity contribution < 1.29 is 13.2 Å². The van der Waals surface area contributed by atoms with Crippen molar-refractivity contribution in [2.24, 2.45) is 5.73 Å². The molecule has 4 nitrogen and oxygen atoms in total. The third kappa shape index (κ3) is 3.06. The van der Waals surface area contributed by atoms with Crippen molar-refractivity contribution in [3.05, 3.63) is 29.3 Å². The number of carbonyl (C=O) groups excluding carboxylic acids is 1. The molecule has 0 saturated heterocycles. The number of hydrogen-bond donors (Lipinski definition) is 1. The number of amides is 1. The Morgan fingerprint density at radius 3 is 2.12 bits per heavy atom. The highest BCUT2D eigenvalue weighted by Crippen LogP contribution is 2.26. The van der Waals surface area contributed by atoms with E-state index in [2.05, 4.69) is 0 Å². The second-order valence-corrected chi connectivity index (χ2v) is 7.08. The molecule has 17 heavy (non-hydrogen) atoms. The first kappa shape index (κ1) is 13.7. The van der Waals surface area contributed by atoms with Crippen molar-refractivity contribution in [1.29, 1.82) is 0 Å². The van der Waals surface area contributed by atoms with Gasteiger partial charge >= 0.3 is 0 Å². The van der Waals surface area contributed by atoms with E-state index in [0.29, 0.717) is 0 Å². The Labute approximate surface area is 102 Å². The molecule has 5 heteroatoms. The van der Waals surface area contributed by atoms with Gasteiger partial charge < -0.3 is 5.73 Å². The molecule has 0 aliphatic heterocycles. The minimum atomic E-state index is -3.44. The van der Waals surface area contributed by atoms with Crippen LogP contribution in [0.1, 0.15) is 36.7 Å². The molecule has 2 N–H and O–H groups in total. The normalized spacial score (nSPS) is 12.5. The summed E-state index contributed by atoms with van der Waals surface area (Å²) in [6, 6.07) is 4.71. The Hall–Kier alpha value is -1.36. The quantitative estimate of drug-likeness (QED) is 0.869. The third-order valence-corrected chi connectivity index (χ3v) is 3.67. The second-order valence-electron chi connectivity index (χ2n) is 5.10. The Morgan fingerprint density at radius 1 is 1.24 bits per heavy atom. The molecular formula is C12H17NO3S. The van der Waals surface area contributed by atoms with Crippen LogP contribution >= 0.6 is 0 Å². The molecule has 0 fully saturated rings. The van der Waals surface area contributed by atoms with Gasteiger partial charge in [-0.05, 0) is 23.1 Å². The van der Waals surface area contributed by atoms with Crippen molar-refractivity contribution in [3.63, 3.8) is 0 Å². The van der Waals surface area contributed by atoms with Crippen LogP contribution in [0.2, 0.25) is 0 Å². The van der Waals surface area contributed by atoms with E-state index in [-0.39, 0.29) is 15.9 Å². The lowest BCUT2D eigenvalue weighted by Gasteiger charge is -2.20. The van der Waals surface area contributed by atoms with E-state index < -0.39 is 15.7 Å². The zero-order valence-electron chi connectivity index (χ0n) is 10.4. The first-order valence-corrected chi connectivity index (χ1v) is 7.07. The van der Waals surface area contributed by atoms with Gasteiger partial charge in [-0.15, -0.1) is 0 Å². The smallest absolute Gasteiger partial charge is 0.250 e. The number of hydrogen-bond acceptors (Lipinski definition) is 3. The molecular weight excluding hydrogens is 238 g/mol. The molecule has 0 bridgehead atoms. The van der Waals surface area contributed by atoms with Gasteiger partial charge in [0.05, 0.1) is 10.5 Å². The van der Waals surface area contributed by atoms with Crippen LogP contribution in [0.3, 0.4) is 0 Å². The van der Waals surface area contributed by atoms with Crippen LogP contribution in [-0.4, -0.2) is 20.6 Å². The van der Waals surface area contributed by atoms with E-state index in [4.69, 9.17) is 5.73 Å². The maximum atomic E-state index is 11.5. The maximum absolute atomic E-state index is 11.5. The molecule has 0 saturated carbocycles. The molecule has 0 unspecified atom stereocenters. The lowest BCUT2D eigenvalue weighted by atomic mass is 9.86. The molecule has 1 aromatic rings. The van der Waals surface area contributed by atoms with E-state index >= 15 is 0 Å². The predicted molar refractivity (Wildman–Crippen MR) is 66.8 cm³/mol. The molecule has 94 valence electrons. The van der Waals surface area contributed by atoms with Crippen LogP contribution < -0.4 is 5.73 Å². The minimum absolute atomic E-state index is 0.0157. The summed E-state index contributed by atoms with van der Waals surface area (Å²) in [5, 5.41) is 0. The first-order chi connectivity index (χ1) is 7.53. The number of rotatable bonds is 2. The molecule has 0 radical (unpaired) electrons. The molecule has 1 amide bonds. The standard InChI is InChI=1S/C12H17NO3S/c1-12(2,3)8-5-6-10(17(4,15)16)9(7-8)11(13)14/h5-7H,1-4H3,(H2,13,14). The summed E-state index contributed by atoms with van der Waals surface area (Å²) in [6.45, 7) is 5.94. The maximum Gasteiger partial charge on any atom is 0.250 e. The summed E-state index contributed by atoms with van der Waals surface area (Å²) in [5.74, 6) is -0.725. The number of primary amides is 1. The summed E-state index contributed by atoms with van der Waals surface area (Å²) in [4.78, 5) is 11.3. The fourth-order valence-corrected chi connectivity index (χ4v) is 2.39. The molecule has 0 heterocycles. The molecule has 1 rings (SSSR count). The zero-order valence-corrected chi connectivity index (χ0v) is 11.3. The minimum Gasteiger partial charge on any atom is -0.366 e. The van der Waals surface area contributed by atoms with Crippen molar-refractivity contribution in [2.75, 3.05) is 6.26 Å². The summed E-state index contributed by atoms with van der Waals surface area (Å²) in [7, 11) is -3.44. The van der Waals surface area contributed by atoms with E-state index in [0.717, 1.165) is 11.8 Å². The van der Waals surface area contributed by atoms with E-state index in [1.165, 1.54) is 6.07 Å². The third-order valence-electron chi connectivity index (χ3n) is 2.51. The van der Waals surface area contributed by atoms with Gasteiger partial charge in [-0.1, -0.05) is 26.8 Å². The van der Waals surface area contributed by atoms with Gasteiger partial charge in [0.2, 0.25) is 5.91 Å². The Kier molecular flexibility index (Phi) is 3.34. The van der Waals surface area contributed by atoms with Gasteiger partial charge in [-0.2, -0.15) is 0 Å². The number of benzene rings is 1. The lowest BCUT2D eigenvalue weighted by molar-refractivity contribution is 0.0997. The fraction of sp³-hybridized carbons (Fsp3) is 0.417. The molecule has 0 aliphatic carbocycles. The molecule has 0 atom stereocenters. The van der Waals surface area contributed by atoms with E-state index in [1.54, 1.807) is 12.1 Å². The number of nitrogens with two attached hydrogens (primary N) is 1. The lowest BCUT2D eigenvalue weighted by Crippen LogP contribution is -2.19. The highest BCUT2D eigenvalue weighted by molar-refractivity contribution is 7.90. The van der Waals surface area contributed by atoms with Gasteiger partial charge in [-0.25, -0.2) is 8.42 Å². The van der Waals surface area contributed by atoms with E-state index in [1.807, 2.05) is 20.8 Å². The van der Waals surface area contributed by atoms with Gasteiger partial charge in [0.25, 0.3) is 0 Å². The van der Waals surface area contributed by atoms with Crippen LogP contribution in [0.15, 0.2) is 23.1 Å². The number of sulfone groups is 1. The van der Waals surface area contributed by atoms with Gasteiger partial charge in [0.15, 0.2) is 9.84 Å². The molecule has 0 spiro atoms. The van der Waals surface area contributed by atoms with Crippen molar-refractivity contribution >= 4 is 15.7 Å². The van der Waals surface area contributed by atoms with Gasteiger partial charge in [-0.3, -0.25) is 4.79 Å². The summed E-state index contributed by atoms with van der Waals surface area (Å²) < 4.78 is 23.0. The fourth-order valence-electron chi connectivity index (χ4n) is 1.51. The Balaban J connectivity index is 3.55. The second kappa shape index (κ2) is 4.14. The largest absolute Gasteiger partial charge is 0.366 e. The topological polar surface area (TPSA) is 77.2 Å². The molecule has 1 aromatic carbocycles. The van der Waals surface area contributed by atoms with Crippen LogP contribution in [0.25, 0.3) is 0 Å². The van der Waals surface area contributed by atoms with Crippen LogP contribution in [0, 0.1) is 0 Å². The summed E-state index contributed by atoms with van der Waals surface area (Å²) in [6.07, 6.45) is 1.06. The Bertz CT molecular complexity index is 554. The highest BCUT2D eigenvalue weighted by atomic mass is 32.2. The predicted octanol–water partition coefficient (Wildman–Crippen LogP) is 1.49. The molecule has 0 aliphatic rings. The van der Waals surface area contributed by atoms with Crippen molar-refractivity contribution in [2.45, 2.75) is 31.1 Å². The summed E-state index contributed by atoms with van der Waals surface area (Å²) in [5.41, 5.74) is 5.98. The molecule has 0 aromatic heterocycles. The van der Waals surface area contributed by atoms with Crippen LogP contribution in [-0.2, 0) is 15.3 Å². The van der Waals surface area contributed by atoms with Gasteiger partial charge in [0.1, 0.15) is 0 Å².